The molecule has 3 rings (SSSR count). The first-order chi connectivity index (χ1) is 15.3. The minimum atomic E-state index is -4.62. The molecule has 0 radical (unpaired) electrons. The number of nitrogens with zero attached hydrogens (tertiary/aromatic N) is 2. The monoisotopic (exact) mass is 489 g/mol. The number of nitrogens with one attached hydrogen (secondary N) is 1. The largest absolute Gasteiger partial charge is 0.416 e. The number of piperidine rings is 1. The molecule has 0 unspecified atom stereocenters. The number of alkyl halides is 3. The molecule has 1 N–H and O–H groups in total. The third-order valence-corrected chi connectivity index (χ3v) is 8.67. The summed E-state index contributed by atoms with van der Waals surface area (Å²) in [4.78, 5) is 14.8. The van der Waals surface area contributed by atoms with Crippen molar-refractivity contribution in [1.29, 1.82) is 0 Å². The number of halogens is 3. The van der Waals surface area contributed by atoms with Gasteiger partial charge in [0, 0.05) is 19.6 Å². The Morgan fingerprint density at radius 3 is 2.36 bits per heavy atom. The van der Waals surface area contributed by atoms with Gasteiger partial charge in [-0.15, -0.1) is 0 Å². The number of carbonyl (C=O) groups excluding carboxylic acids is 1. The summed E-state index contributed by atoms with van der Waals surface area (Å²) < 4.78 is 66.7. The highest BCUT2D eigenvalue weighted by molar-refractivity contribution is 7.89. The van der Waals surface area contributed by atoms with E-state index in [4.69, 9.17) is 0 Å². The fourth-order valence-electron chi connectivity index (χ4n) is 4.69. The van der Waals surface area contributed by atoms with Crippen LogP contribution in [0, 0.1) is 11.8 Å². The van der Waals surface area contributed by atoms with Crippen LogP contribution in [0.2, 0.25) is 0 Å². The maximum absolute atomic E-state index is 13.2. The van der Waals surface area contributed by atoms with Gasteiger partial charge in [0.05, 0.1) is 22.2 Å². The van der Waals surface area contributed by atoms with E-state index in [1.807, 2.05) is 4.90 Å². The van der Waals surface area contributed by atoms with Crippen molar-refractivity contribution in [3.05, 3.63) is 29.8 Å². The zero-order valence-corrected chi connectivity index (χ0v) is 20.5. The number of rotatable bonds is 7. The van der Waals surface area contributed by atoms with E-state index in [0.717, 1.165) is 18.6 Å². The van der Waals surface area contributed by atoms with Crippen LogP contribution in [0.4, 0.5) is 13.2 Å². The first-order valence-corrected chi connectivity index (χ1v) is 13.0. The Bertz CT molecular complexity index is 957. The molecule has 1 aromatic carbocycles. The molecule has 33 heavy (non-hydrogen) atoms. The third kappa shape index (κ3) is 5.38. The molecule has 1 spiro atoms. The van der Waals surface area contributed by atoms with Gasteiger partial charge in [-0.2, -0.15) is 17.5 Å². The number of hydrogen-bond acceptors (Lipinski definition) is 4. The Morgan fingerprint density at radius 2 is 1.82 bits per heavy atom. The molecule has 0 saturated carbocycles. The van der Waals surface area contributed by atoms with E-state index in [1.54, 1.807) is 0 Å². The van der Waals surface area contributed by atoms with Crippen molar-refractivity contribution in [2.24, 2.45) is 11.8 Å². The van der Waals surface area contributed by atoms with Gasteiger partial charge in [0.15, 0.2) is 0 Å². The summed E-state index contributed by atoms with van der Waals surface area (Å²) in [5.41, 5.74) is -1.61. The van der Waals surface area contributed by atoms with Gasteiger partial charge >= 0.3 is 6.18 Å². The van der Waals surface area contributed by atoms with E-state index >= 15 is 0 Å². The molecule has 0 aliphatic carbocycles. The van der Waals surface area contributed by atoms with Gasteiger partial charge in [0.2, 0.25) is 15.9 Å². The van der Waals surface area contributed by atoms with Crippen LogP contribution >= 0.6 is 0 Å². The number of benzene rings is 1. The molecular weight excluding hydrogens is 455 g/mol. The lowest BCUT2D eigenvalue weighted by atomic mass is 9.95. The molecule has 2 saturated heterocycles. The summed E-state index contributed by atoms with van der Waals surface area (Å²) in [6.07, 6.45) is -2.22. The molecule has 10 heteroatoms. The number of amides is 1. The number of sulfonamides is 1. The molecule has 2 heterocycles. The SMILES string of the molecule is CC[C@H](C)CN1C(=O)[C@H](CC(C)C)NC12CCN(S(=O)(=O)c1cccc(C(F)(F)F)c1)CC2. The average molecular weight is 490 g/mol. The molecule has 2 atom stereocenters. The fourth-order valence-corrected chi connectivity index (χ4v) is 6.18. The molecule has 6 nitrogen and oxygen atoms in total. The van der Waals surface area contributed by atoms with Gasteiger partial charge in [-0.3, -0.25) is 10.1 Å². The molecule has 2 aliphatic heterocycles. The van der Waals surface area contributed by atoms with Crippen molar-refractivity contribution < 1.29 is 26.4 Å². The second-order valence-electron chi connectivity index (χ2n) is 9.75. The standard InChI is InChI=1S/C23H34F3N3O3S/c1-5-17(4)15-29-21(30)20(13-16(2)3)27-22(29)9-11-28(12-10-22)33(31,32)19-8-6-7-18(14-19)23(24,25)26/h6-8,14,16-17,20,27H,5,9-13,15H2,1-4H3/t17-,20-/m0/s1. The highest BCUT2D eigenvalue weighted by Crippen LogP contribution is 2.37. The number of carbonyl (C=O) groups is 1. The topological polar surface area (TPSA) is 69.7 Å². The van der Waals surface area contributed by atoms with Crippen molar-refractivity contribution in [3.63, 3.8) is 0 Å². The molecule has 186 valence electrons. The maximum atomic E-state index is 13.2. The summed E-state index contributed by atoms with van der Waals surface area (Å²) in [5.74, 6) is 0.684. The Hall–Kier alpha value is -1.65. The van der Waals surface area contributed by atoms with Gasteiger partial charge in [0.25, 0.3) is 0 Å². The normalized spacial score (nSPS) is 23.0. The summed E-state index contributed by atoms with van der Waals surface area (Å²) >= 11 is 0. The van der Waals surface area contributed by atoms with Gasteiger partial charge in [0.1, 0.15) is 0 Å². The second kappa shape index (κ2) is 9.54. The van der Waals surface area contributed by atoms with E-state index in [-0.39, 0.29) is 29.9 Å². The zero-order valence-electron chi connectivity index (χ0n) is 19.7. The van der Waals surface area contributed by atoms with E-state index < -0.39 is 27.4 Å². The summed E-state index contributed by atoms with van der Waals surface area (Å²) in [6.45, 7) is 9.13. The van der Waals surface area contributed by atoms with Crippen molar-refractivity contribution in [3.8, 4) is 0 Å². The lowest BCUT2D eigenvalue weighted by molar-refractivity contribution is -0.137. The third-order valence-electron chi connectivity index (χ3n) is 6.77. The van der Waals surface area contributed by atoms with Crippen LogP contribution in [-0.2, 0) is 21.0 Å². The van der Waals surface area contributed by atoms with Crippen LogP contribution in [0.25, 0.3) is 0 Å². The first kappa shape index (κ1) is 26.0. The highest BCUT2D eigenvalue weighted by Gasteiger charge is 2.52. The zero-order chi connectivity index (χ0) is 24.6. The summed E-state index contributed by atoms with van der Waals surface area (Å²) in [7, 11) is -4.08. The number of hydrogen-bond donors (Lipinski definition) is 1. The van der Waals surface area contributed by atoms with Crippen LogP contribution in [0.3, 0.4) is 0 Å². The van der Waals surface area contributed by atoms with Gasteiger partial charge in [-0.05, 0) is 49.3 Å². The Kier molecular flexibility index (Phi) is 7.51. The lowest BCUT2D eigenvalue weighted by Gasteiger charge is -2.45. The molecule has 2 fully saturated rings. The maximum Gasteiger partial charge on any atom is 0.416 e. The van der Waals surface area contributed by atoms with Gasteiger partial charge < -0.3 is 4.90 Å². The van der Waals surface area contributed by atoms with Crippen LogP contribution < -0.4 is 5.32 Å². The average Bonchev–Trinajstić information content (AvgIpc) is 2.98. The molecule has 0 aromatic heterocycles. The Balaban J connectivity index is 1.81. The quantitative estimate of drug-likeness (QED) is 0.627. The van der Waals surface area contributed by atoms with Crippen LogP contribution in [-0.4, -0.2) is 54.9 Å². The van der Waals surface area contributed by atoms with E-state index in [0.29, 0.717) is 43.7 Å². The summed E-state index contributed by atoms with van der Waals surface area (Å²) in [5, 5.41) is 3.51. The van der Waals surface area contributed by atoms with E-state index in [2.05, 4.69) is 33.0 Å². The highest BCUT2D eigenvalue weighted by atomic mass is 32.2. The Labute approximate surface area is 194 Å². The molecule has 1 amide bonds. The molecular formula is C23H34F3N3O3S. The predicted octanol–water partition coefficient (Wildman–Crippen LogP) is 4.08. The molecule has 0 bridgehead atoms. The van der Waals surface area contributed by atoms with Crippen molar-refractivity contribution in [2.45, 2.75) is 76.2 Å². The lowest BCUT2D eigenvalue weighted by Crippen LogP contribution is -2.60. The van der Waals surface area contributed by atoms with Crippen LogP contribution in [0.5, 0.6) is 0 Å². The van der Waals surface area contributed by atoms with Crippen LogP contribution in [0.1, 0.15) is 58.9 Å². The van der Waals surface area contributed by atoms with E-state index in [9.17, 15) is 26.4 Å². The minimum Gasteiger partial charge on any atom is -0.323 e. The second-order valence-corrected chi connectivity index (χ2v) is 11.7. The smallest absolute Gasteiger partial charge is 0.323 e. The predicted molar refractivity (Wildman–Crippen MR) is 120 cm³/mol. The van der Waals surface area contributed by atoms with Crippen molar-refractivity contribution in [1.82, 2.24) is 14.5 Å². The fraction of sp³-hybridized carbons (Fsp3) is 0.696. The van der Waals surface area contributed by atoms with Gasteiger partial charge in [-0.25, -0.2) is 8.42 Å². The Morgan fingerprint density at radius 1 is 1.18 bits per heavy atom. The van der Waals surface area contributed by atoms with E-state index in [1.165, 1.54) is 10.4 Å². The van der Waals surface area contributed by atoms with Crippen LogP contribution in [0.15, 0.2) is 29.2 Å². The van der Waals surface area contributed by atoms with Crippen molar-refractivity contribution >= 4 is 15.9 Å². The molecule has 2 aliphatic rings. The van der Waals surface area contributed by atoms with Crippen molar-refractivity contribution in [2.75, 3.05) is 19.6 Å². The summed E-state index contributed by atoms with van der Waals surface area (Å²) in [6, 6.07) is 3.55. The molecule has 1 aromatic rings. The first-order valence-electron chi connectivity index (χ1n) is 11.6. The minimum absolute atomic E-state index is 0.0539. The van der Waals surface area contributed by atoms with Gasteiger partial charge in [-0.1, -0.05) is 40.2 Å².